The third kappa shape index (κ3) is 10.1. The monoisotopic (exact) mass is 530 g/mol. The highest BCUT2D eigenvalue weighted by Gasteiger charge is 2.27. The van der Waals surface area contributed by atoms with Crippen molar-refractivity contribution in [3.8, 4) is 0 Å². The maximum atomic E-state index is 12.8. The average Bonchev–Trinajstić information content (AvgIpc) is 3.28. The van der Waals surface area contributed by atoms with E-state index in [4.69, 9.17) is 21.1 Å². The van der Waals surface area contributed by atoms with Crippen LogP contribution in [0.3, 0.4) is 0 Å². The molecule has 11 heteroatoms. The summed E-state index contributed by atoms with van der Waals surface area (Å²) >= 11 is 6.09. The molecule has 1 fully saturated rings. The van der Waals surface area contributed by atoms with Crippen LogP contribution in [0, 0.1) is 5.92 Å². The molecule has 1 saturated carbocycles. The Morgan fingerprint density at radius 2 is 1.86 bits per heavy atom. The molecule has 1 amide bonds. The second-order valence-electron chi connectivity index (χ2n) is 9.22. The van der Waals surface area contributed by atoms with Crippen LogP contribution in [-0.2, 0) is 35.5 Å². The van der Waals surface area contributed by atoms with Gasteiger partial charge in [-0.3, -0.25) is 4.79 Å². The van der Waals surface area contributed by atoms with E-state index in [9.17, 15) is 22.8 Å². The normalized spacial score (nSPS) is 15.1. The third-order valence-corrected chi connectivity index (χ3v) is 7.35. The van der Waals surface area contributed by atoms with Gasteiger partial charge in [0.25, 0.3) is 0 Å². The number of rotatable bonds is 13. The van der Waals surface area contributed by atoms with Crippen LogP contribution in [0.15, 0.2) is 23.1 Å². The summed E-state index contributed by atoms with van der Waals surface area (Å²) in [6.45, 7) is 5.42. The number of carbonyl (C=O) groups is 3. The van der Waals surface area contributed by atoms with Gasteiger partial charge in [-0.1, -0.05) is 31.5 Å². The molecule has 9 nitrogen and oxygen atoms in total. The van der Waals surface area contributed by atoms with Crippen molar-refractivity contribution in [2.45, 2.75) is 82.8 Å². The summed E-state index contributed by atoms with van der Waals surface area (Å²) in [6.07, 6.45) is 3.18. The first-order valence-electron chi connectivity index (χ1n) is 11.9. The Hall–Kier alpha value is -2.17. The lowest BCUT2D eigenvalue weighted by molar-refractivity contribution is -0.151. The Labute approximate surface area is 212 Å². The van der Waals surface area contributed by atoms with Gasteiger partial charge in [-0.05, 0) is 69.1 Å². The fourth-order valence-electron chi connectivity index (χ4n) is 3.67. The standard InChI is InChI=1S/C24H35ClN2O7S/c1-16(2)15-33-24(30)27-21(23(29)34-19-7-4-5-8-19)9-6-12-26-35(31,32)22-14-18(13-17(3)28)10-11-20(22)25/h10-11,14,16,19,21,26H,4-9,12-13,15H2,1-3H3,(H,27,30)/t21-/m0/s1. The van der Waals surface area contributed by atoms with Gasteiger partial charge in [0.05, 0.1) is 11.6 Å². The molecular formula is C24H35ClN2O7S. The average molecular weight is 531 g/mol. The van der Waals surface area contributed by atoms with Gasteiger partial charge in [-0.2, -0.15) is 0 Å². The molecule has 1 aliphatic carbocycles. The summed E-state index contributed by atoms with van der Waals surface area (Å²) in [5.41, 5.74) is 0.543. The Morgan fingerprint density at radius 1 is 1.17 bits per heavy atom. The number of ether oxygens (including phenoxy) is 2. The minimum atomic E-state index is -3.95. The van der Waals surface area contributed by atoms with E-state index in [1.807, 2.05) is 13.8 Å². The third-order valence-electron chi connectivity index (χ3n) is 5.41. The topological polar surface area (TPSA) is 128 Å². The lowest BCUT2D eigenvalue weighted by atomic mass is 10.1. The fraction of sp³-hybridized carbons (Fsp3) is 0.625. The molecule has 1 atom stereocenters. The summed E-state index contributed by atoms with van der Waals surface area (Å²) < 4.78 is 38.6. The SMILES string of the molecule is CC(=O)Cc1ccc(Cl)c(S(=O)(=O)NCCC[C@H](NC(=O)OCC(C)C)C(=O)OC2CCCC2)c1. The van der Waals surface area contributed by atoms with Crippen LogP contribution in [0.25, 0.3) is 0 Å². The number of sulfonamides is 1. The van der Waals surface area contributed by atoms with Crippen molar-refractivity contribution >= 4 is 39.5 Å². The van der Waals surface area contributed by atoms with Crippen LogP contribution < -0.4 is 10.0 Å². The number of halogens is 1. The molecule has 0 aliphatic heterocycles. The number of nitrogens with one attached hydrogen (secondary N) is 2. The summed E-state index contributed by atoms with van der Waals surface area (Å²) in [6, 6.07) is 3.46. The highest BCUT2D eigenvalue weighted by molar-refractivity contribution is 7.89. The van der Waals surface area contributed by atoms with Gasteiger partial charge in [0.1, 0.15) is 22.8 Å². The van der Waals surface area contributed by atoms with Crippen molar-refractivity contribution in [2.75, 3.05) is 13.2 Å². The van der Waals surface area contributed by atoms with Gasteiger partial charge >= 0.3 is 12.1 Å². The van der Waals surface area contributed by atoms with Gasteiger partial charge in [-0.25, -0.2) is 22.7 Å². The van der Waals surface area contributed by atoms with E-state index in [-0.39, 0.29) is 60.1 Å². The fourth-order valence-corrected chi connectivity index (χ4v) is 5.29. The first-order valence-corrected chi connectivity index (χ1v) is 13.8. The quantitative estimate of drug-likeness (QED) is 0.293. The summed E-state index contributed by atoms with van der Waals surface area (Å²) in [5, 5.41) is 2.58. The van der Waals surface area contributed by atoms with Gasteiger partial charge in [0, 0.05) is 13.0 Å². The molecule has 35 heavy (non-hydrogen) atoms. The van der Waals surface area contributed by atoms with Crippen LogP contribution in [0.5, 0.6) is 0 Å². The Balaban J connectivity index is 1.97. The molecule has 0 aromatic heterocycles. The van der Waals surface area contributed by atoms with Gasteiger partial charge in [0.2, 0.25) is 10.0 Å². The molecule has 0 unspecified atom stereocenters. The molecule has 0 heterocycles. The van der Waals surface area contributed by atoms with Gasteiger partial charge in [-0.15, -0.1) is 0 Å². The molecule has 2 rings (SSSR count). The smallest absolute Gasteiger partial charge is 0.407 e. The first-order chi connectivity index (χ1) is 16.5. The van der Waals surface area contributed by atoms with Gasteiger partial charge < -0.3 is 14.8 Å². The van der Waals surface area contributed by atoms with Crippen LogP contribution in [0.2, 0.25) is 5.02 Å². The lowest BCUT2D eigenvalue weighted by Crippen LogP contribution is -2.43. The number of carbonyl (C=O) groups excluding carboxylic acids is 3. The van der Waals surface area contributed by atoms with E-state index in [0.29, 0.717) is 5.56 Å². The Morgan fingerprint density at radius 3 is 2.49 bits per heavy atom. The molecular weight excluding hydrogens is 496 g/mol. The lowest BCUT2D eigenvalue weighted by Gasteiger charge is -2.20. The molecule has 1 aromatic rings. The molecule has 0 saturated heterocycles. The molecule has 0 radical (unpaired) electrons. The first kappa shape index (κ1) is 29.1. The van der Waals surface area contributed by atoms with Crippen molar-refractivity contribution in [1.29, 1.82) is 0 Å². The van der Waals surface area contributed by atoms with Crippen LogP contribution in [-0.4, -0.2) is 51.6 Å². The summed E-state index contributed by atoms with van der Waals surface area (Å²) in [7, 11) is -3.95. The highest BCUT2D eigenvalue weighted by Crippen LogP contribution is 2.24. The number of hydrogen-bond acceptors (Lipinski definition) is 7. The van der Waals surface area contributed by atoms with E-state index in [0.717, 1.165) is 25.7 Å². The largest absolute Gasteiger partial charge is 0.461 e. The molecule has 196 valence electrons. The predicted molar refractivity (Wildman–Crippen MR) is 132 cm³/mol. The van der Waals surface area contributed by atoms with Crippen molar-refractivity contribution < 1.29 is 32.3 Å². The maximum absolute atomic E-state index is 12.8. The number of alkyl carbamates (subject to hydrolysis) is 1. The Bertz CT molecular complexity index is 992. The molecule has 1 aliphatic rings. The number of hydrogen-bond donors (Lipinski definition) is 2. The highest BCUT2D eigenvalue weighted by atomic mass is 35.5. The second kappa shape index (κ2) is 13.8. The molecule has 0 spiro atoms. The zero-order valence-electron chi connectivity index (χ0n) is 20.5. The molecule has 1 aromatic carbocycles. The predicted octanol–water partition coefficient (Wildman–Crippen LogP) is 3.77. The number of benzene rings is 1. The number of Topliss-reactive ketones (excluding diaryl/α,β-unsaturated/α-hetero) is 1. The van der Waals surface area contributed by atoms with Gasteiger partial charge in [0.15, 0.2) is 0 Å². The van der Waals surface area contributed by atoms with E-state index >= 15 is 0 Å². The van der Waals surface area contributed by atoms with E-state index < -0.39 is 28.1 Å². The summed E-state index contributed by atoms with van der Waals surface area (Å²) in [5.74, 6) is -0.514. The van der Waals surface area contributed by atoms with E-state index in [2.05, 4.69) is 10.0 Å². The Kier molecular flexibility index (Phi) is 11.5. The zero-order chi connectivity index (χ0) is 26.0. The van der Waals surface area contributed by atoms with Crippen LogP contribution in [0.4, 0.5) is 4.79 Å². The zero-order valence-corrected chi connectivity index (χ0v) is 22.0. The minimum Gasteiger partial charge on any atom is -0.461 e. The van der Waals surface area contributed by atoms with Crippen molar-refractivity contribution in [2.24, 2.45) is 5.92 Å². The maximum Gasteiger partial charge on any atom is 0.407 e. The summed E-state index contributed by atoms with van der Waals surface area (Å²) in [4.78, 5) is 36.1. The van der Waals surface area contributed by atoms with Crippen LogP contribution >= 0.6 is 11.6 Å². The molecule has 2 N–H and O–H groups in total. The number of amides is 1. The second-order valence-corrected chi connectivity index (χ2v) is 11.4. The number of ketones is 1. The van der Waals surface area contributed by atoms with Crippen molar-refractivity contribution in [3.05, 3.63) is 28.8 Å². The van der Waals surface area contributed by atoms with Crippen molar-refractivity contribution in [1.82, 2.24) is 10.0 Å². The van der Waals surface area contributed by atoms with Crippen LogP contribution in [0.1, 0.15) is 64.9 Å². The van der Waals surface area contributed by atoms with E-state index in [1.54, 1.807) is 6.07 Å². The molecule has 0 bridgehead atoms. The van der Waals surface area contributed by atoms with Crippen molar-refractivity contribution in [3.63, 3.8) is 0 Å². The number of esters is 1. The minimum absolute atomic E-state index is 0.00548. The van der Waals surface area contributed by atoms with E-state index in [1.165, 1.54) is 19.1 Å².